The average molecular weight is 286 g/mol. The molecule has 0 radical (unpaired) electrons. The number of hydrogen-bond donors (Lipinski definition) is 1. The van der Waals surface area contributed by atoms with Crippen molar-refractivity contribution >= 4 is 0 Å². The van der Waals surface area contributed by atoms with Crippen LogP contribution in [0.25, 0.3) is 0 Å². The molecule has 3 rings (SSSR count). The zero-order chi connectivity index (χ0) is 14.7. The summed E-state index contributed by atoms with van der Waals surface area (Å²) in [6.07, 6.45) is 6.79. The Morgan fingerprint density at radius 1 is 1.10 bits per heavy atom. The standard InChI is InChI=1S/C19H30N2/c1-2-21(14-15-8-9-15)19-12-17(10-11-18(19)13-20)16-6-4-3-5-7-16/h3-7,15,17-19H,2,8-14,20H2,1H3. The van der Waals surface area contributed by atoms with Gasteiger partial charge in [0.2, 0.25) is 0 Å². The van der Waals surface area contributed by atoms with Crippen molar-refractivity contribution in [3.05, 3.63) is 35.9 Å². The number of nitrogens with zero attached hydrogens (tertiary/aromatic N) is 1. The molecular weight excluding hydrogens is 256 g/mol. The van der Waals surface area contributed by atoms with Crippen LogP contribution in [-0.4, -0.2) is 30.6 Å². The maximum Gasteiger partial charge on any atom is 0.0141 e. The first-order valence-corrected chi connectivity index (χ1v) is 8.80. The third-order valence-corrected chi connectivity index (χ3v) is 5.59. The van der Waals surface area contributed by atoms with Crippen LogP contribution in [0.5, 0.6) is 0 Å². The van der Waals surface area contributed by atoms with E-state index >= 15 is 0 Å². The molecule has 3 atom stereocenters. The van der Waals surface area contributed by atoms with Crippen molar-refractivity contribution in [3.63, 3.8) is 0 Å². The summed E-state index contributed by atoms with van der Waals surface area (Å²) in [5.41, 5.74) is 7.62. The van der Waals surface area contributed by atoms with Crippen LogP contribution in [0.1, 0.15) is 50.5 Å². The van der Waals surface area contributed by atoms with Gasteiger partial charge in [0.15, 0.2) is 0 Å². The zero-order valence-corrected chi connectivity index (χ0v) is 13.4. The number of rotatable bonds is 6. The smallest absolute Gasteiger partial charge is 0.0141 e. The topological polar surface area (TPSA) is 29.3 Å². The van der Waals surface area contributed by atoms with Crippen LogP contribution in [0.2, 0.25) is 0 Å². The van der Waals surface area contributed by atoms with Gasteiger partial charge in [-0.3, -0.25) is 0 Å². The fourth-order valence-corrected chi connectivity index (χ4v) is 4.09. The minimum atomic E-state index is 0.694. The maximum atomic E-state index is 6.09. The fourth-order valence-electron chi connectivity index (χ4n) is 4.09. The van der Waals surface area contributed by atoms with Gasteiger partial charge in [-0.2, -0.15) is 0 Å². The van der Waals surface area contributed by atoms with Gasteiger partial charge < -0.3 is 10.6 Å². The molecule has 21 heavy (non-hydrogen) atoms. The van der Waals surface area contributed by atoms with Crippen LogP contribution >= 0.6 is 0 Å². The predicted octanol–water partition coefficient (Wildman–Crippen LogP) is 3.63. The van der Waals surface area contributed by atoms with Crippen LogP contribution in [0, 0.1) is 11.8 Å². The van der Waals surface area contributed by atoms with Crippen LogP contribution in [0.4, 0.5) is 0 Å². The lowest BCUT2D eigenvalue weighted by atomic mass is 9.74. The summed E-state index contributed by atoms with van der Waals surface area (Å²) in [6, 6.07) is 11.8. The van der Waals surface area contributed by atoms with E-state index in [1.54, 1.807) is 0 Å². The highest BCUT2D eigenvalue weighted by Gasteiger charge is 2.35. The van der Waals surface area contributed by atoms with E-state index in [0.717, 1.165) is 18.4 Å². The first-order valence-electron chi connectivity index (χ1n) is 8.80. The molecular formula is C19H30N2. The molecule has 1 aromatic rings. The van der Waals surface area contributed by atoms with Crippen molar-refractivity contribution < 1.29 is 0 Å². The van der Waals surface area contributed by atoms with Gasteiger partial charge in [-0.25, -0.2) is 0 Å². The highest BCUT2D eigenvalue weighted by atomic mass is 15.2. The summed E-state index contributed by atoms with van der Waals surface area (Å²) >= 11 is 0. The van der Waals surface area contributed by atoms with E-state index in [0.29, 0.717) is 12.0 Å². The van der Waals surface area contributed by atoms with Gasteiger partial charge in [0, 0.05) is 12.6 Å². The summed E-state index contributed by atoms with van der Waals surface area (Å²) in [5, 5.41) is 0. The Hall–Kier alpha value is -0.860. The minimum Gasteiger partial charge on any atom is -0.330 e. The maximum absolute atomic E-state index is 6.09. The molecule has 0 bridgehead atoms. The average Bonchev–Trinajstić information content (AvgIpc) is 3.37. The Morgan fingerprint density at radius 2 is 1.86 bits per heavy atom. The van der Waals surface area contributed by atoms with Crippen molar-refractivity contribution in [1.82, 2.24) is 4.90 Å². The molecule has 1 aromatic carbocycles. The third kappa shape index (κ3) is 3.67. The van der Waals surface area contributed by atoms with E-state index in [1.165, 1.54) is 50.8 Å². The molecule has 2 saturated carbocycles. The summed E-state index contributed by atoms with van der Waals surface area (Å²) in [5.74, 6) is 2.40. The Labute approximate surface area is 129 Å². The predicted molar refractivity (Wildman–Crippen MR) is 89.3 cm³/mol. The number of hydrogen-bond acceptors (Lipinski definition) is 2. The van der Waals surface area contributed by atoms with Crippen molar-refractivity contribution in [2.24, 2.45) is 17.6 Å². The molecule has 0 aromatic heterocycles. The summed E-state index contributed by atoms with van der Waals surface area (Å²) in [6.45, 7) is 5.66. The van der Waals surface area contributed by atoms with E-state index in [1.807, 2.05) is 0 Å². The highest BCUT2D eigenvalue weighted by molar-refractivity contribution is 5.20. The molecule has 2 aliphatic rings. The van der Waals surface area contributed by atoms with Gasteiger partial charge in [0.25, 0.3) is 0 Å². The van der Waals surface area contributed by atoms with Gasteiger partial charge in [-0.05, 0) is 68.5 Å². The molecule has 0 aliphatic heterocycles. The van der Waals surface area contributed by atoms with Gasteiger partial charge in [0.1, 0.15) is 0 Å². The van der Waals surface area contributed by atoms with Gasteiger partial charge in [0.05, 0.1) is 0 Å². The summed E-state index contributed by atoms with van der Waals surface area (Å²) in [4.78, 5) is 2.74. The first kappa shape index (κ1) is 15.1. The molecule has 2 heteroatoms. The first-order chi connectivity index (χ1) is 10.3. The van der Waals surface area contributed by atoms with E-state index in [4.69, 9.17) is 5.73 Å². The highest BCUT2D eigenvalue weighted by Crippen LogP contribution is 2.39. The molecule has 116 valence electrons. The van der Waals surface area contributed by atoms with E-state index in [2.05, 4.69) is 42.2 Å². The summed E-state index contributed by atoms with van der Waals surface area (Å²) < 4.78 is 0. The Balaban J connectivity index is 1.71. The van der Waals surface area contributed by atoms with Crippen molar-refractivity contribution in [1.29, 1.82) is 0 Å². The van der Waals surface area contributed by atoms with Gasteiger partial charge in [-0.15, -0.1) is 0 Å². The zero-order valence-electron chi connectivity index (χ0n) is 13.4. The van der Waals surface area contributed by atoms with Crippen molar-refractivity contribution in [2.75, 3.05) is 19.6 Å². The largest absolute Gasteiger partial charge is 0.330 e. The van der Waals surface area contributed by atoms with Crippen LogP contribution < -0.4 is 5.73 Å². The molecule has 3 unspecified atom stereocenters. The number of benzene rings is 1. The monoisotopic (exact) mass is 286 g/mol. The normalized spacial score (nSPS) is 29.8. The van der Waals surface area contributed by atoms with Gasteiger partial charge >= 0.3 is 0 Å². The van der Waals surface area contributed by atoms with Crippen LogP contribution in [0.3, 0.4) is 0 Å². The lowest BCUT2D eigenvalue weighted by molar-refractivity contribution is 0.0980. The minimum absolute atomic E-state index is 0.694. The summed E-state index contributed by atoms with van der Waals surface area (Å²) in [7, 11) is 0. The molecule has 2 aliphatic carbocycles. The van der Waals surface area contributed by atoms with Crippen molar-refractivity contribution in [2.45, 2.75) is 51.0 Å². The van der Waals surface area contributed by atoms with E-state index in [9.17, 15) is 0 Å². The van der Waals surface area contributed by atoms with Crippen molar-refractivity contribution in [3.8, 4) is 0 Å². The molecule has 0 amide bonds. The Morgan fingerprint density at radius 3 is 2.48 bits per heavy atom. The van der Waals surface area contributed by atoms with Gasteiger partial charge in [-0.1, -0.05) is 37.3 Å². The van der Waals surface area contributed by atoms with Crippen LogP contribution in [0.15, 0.2) is 30.3 Å². The lowest BCUT2D eigenvalue weighted by Crippen LogP contribution is -2.47. The molecule has 2 nitrogen and oxygen atoms in total. The molecule has 2 fully saturated rings. The second-order valence-corrected chi connectivity index (χ2v) is 7.01. The SMILES string of the molecule is CCN(CC1CC1)C1CC(c2ccccc2)CCC1CN. The fraction of sp³-hybridized carbons (Fsp3) is 0.684. The second-order valence-electron chi connectivity index (χ2n) is 7.01. The number of nitrogens with two attached hydrogens (primary N) is 1. The lowest BCUT2D eigenvalue weighted by Gasteiger charge is -2.42. The van der Waals surface area contributed by atoms with Crippen LogP contribution in [-0.2, 0) is 0 Å². The third-order valence-electron chi connectivity index (χ3n) is 5.59. The Kier molecular flexibility index (Phi) is 4.97. The Bertz CT molecular complexity index is 426. The van der Waals surface area contributed by atoms with E-state index < -0.39 is 0 Å². The second kappa shape index (κ2) is 6.93. The quantitative estimate of drug-likeness (QED) is 0.865. The molecule has 0 spiro atoms. The molecule has 2 N–H and O–H groups in total. The van der Waals surface area contributed by atoms with E-state index in [-0.39, 0.29) is 0 Å². The molecule has 0 heterocycles. The molecule has 0 saturated heterocycles.